The summed E-state index contributed by atoms with van der Waals surface area (Å²) < 4.78 is 0. The number of ketones is 1. The first-order valence-corrected chi connectivity index (χ1v) is 19.4. The molecule has 6 atom stereocenters. The second-order valence-corrected chi connectivity index (χ2v) is 15.6. The van der Waals surface area contributed by atoms with Crippen LogP contribution < -0.4 is 16.0 Å². The Labute approximate surface area is 317 Å². The Morgan fingerprint density at radius 3 is 1.30 bits per heavy atom. The average molecular weight is 739 g/mol. The zero-order valence-electron chi connectivity index (χ0n) is 30.9. The highest BCUT2D eigenvalue weighted by atomic mass is 16.4. The SMILES string of the molecule is O=C(CN(Cc1cccc(CC(C(=O)O)C2CCNC2)c1)Cc1cccc(CC(C(=O)O)C2CCNC2)c1)c1cccc(CC(C(=O)O)C2CCNC2)c1. The Kier molecular flexibility index (Phi) is 13.6. The van der Waals surface area contributed by atoms with E-state index in [4.69, 9.17) is 0 Å². The van der Waals surface area contributed by atoms with Crippen molar-refractivity contribution in [3.63, 3.8) is 0 Å². The highest BCUT2D eigenvalue weighted by molar-refractivity contribution is 5.97. The van der Waals surface area contributed by atoms with Crippen LogP contribution in [0.25, 0.3) is 0 Å². The van der Waals surface area contributed by atoms with Crippen molar-refractivity contribution in [1.82, 2.24) is 20.9 Å². The summed E-state index contributed by atoms with van der Waals surface area (Å²) in [6.07, 6.45) is 3.71. The van der Waals surface area contributed by atoms with Crippen molar-refractivity contribution >= 4 is 23.7 Å². The van der Waals surface area contributed by atoms with Crippen molar-refractivity contribution in [3.05, 3.63) is 106 Å². The van der Waals surface area contributed by atoms with E-state index in [2.05, 4.69) is 20.9 Å². The summed E-state index contributed by atoms with van der Waals surface area (Å²) in [5.74, 6) is -3.77. The number of carbonyl (C=O) groups excluding carboxylic acids is 1. The van der Waals surface area contributed by atoms with Gasteiger partial charge in [-0.2, -0.15) is 0 Å². The zero-order valence-corrected chi connectivity index (χ0v) is 30.9. The van der Waals surface area contributed by atoms with Gasteiger partial charge in [-0.3, -0.25) is 24.1 Å². The van der Waals surface area contributed by atoms with E-state index < -0.39 is 35.7 Å². The first-order valence-electron chi connectivity index (χ1n) is 19.4. The molecule has 0 aliphatic carbocycles. The molecule has 11 heteroatoms. The van der Waals surface area contributed by atoms with Crippen LogP contribution in [-0.4, -0.2) is 89.7 Å². The molecule has 288 valence electrons. The van der Waals surface area contributed by atoms with E-state index in [1.807, 2.05) is 66.7 Å². The summed E-state index contributed by atoms with van der Waals surface area (Å²) in [6.45, 7) is 5.52. The summed E-state index contributed by atoms with van der Waals surface area (Å²) in [4.78, 5) is 52.8. The summed E-state index contributed by atoms with van der Waals surface area (Å²) >= 11 is 0. The number of aliphatic carboxylic acids is 3. The number of rotatable bonds is 19. The number of benzene rings is 3. The van der Waals surface area contributed by atoms with Gasteiger partial charge in [0, 0.05) is 18.7 Å². The number of hydrogen-bond acceptors (Lipinski definition) is 8. The van der Waals surface area contributed by atoms with E-state index in [1.165, 1.54) is 0 Å². The molecule has 6 rings (SSSR count). The lowest BCUT2D eigenvalue weighted by atomic mass is 9.85. The van der Waals surface area contributed by atoms with E-state index in [-0.39, 0.29) is 30.1 Å². The highest BCUT2D eigenvalue weighted by Crippen LogP contribution is 2.27. The number of nitrogens with one attached hydrogen (secondary N) is 3. The minimum atomic E-state index is -0.819. The van der Waals surface area contributed by atoms with Crippen molar-refractivity contribution in [2.24, 2.45) is 35.5 Å². The van der Waals surface area contributed by atoms with Gasteiger partial charge in [-0.15, -0.1) is 0 Å². The number of carbonyl (C=O) groups is 4. The van der Waals surface area contributed by atoms with E-state index >= 15 is 0 Å². The van der Waals surface area contributed by atoms with Crippen LogP contribution in [0.1, 0.15) is 57.4 Å². The van der Waals surface area contributed by atoms with Crippen LogP contribution in [0.15, 0.2) is 72.8 Å². The van der Waals surface area contributed by atoms with Crippen LogP contribution in [0.3, 0.4) is 0 Å². The molecule has 3 heterocycles. The molecule has 0 amide bonds. The molecule has 3 aromatic carbocycles. The summed E-state index contributed by atoms with van der Waals surface area (Å²) in [7, 11) is 0. The summed E-state index contributed by atoms with van der Waals surface area (Å²) in [5.41, 5.74) is 5.17. The topological polar surface area (TPSA) is 168 Å². The third-order valence-electron chi connectivity index (χ3n) is 11.7. The Morgan fingerprint density at radius 2 is 0.926 bits per heavy atom. The van der Waals surface area contributed by atoms with Gasteiger partial charge in [0.25, 0.3) is 0 Å². The van der Waals surface area contributed by atoms with Gasteiger partial charge in [0.2, 0.25) is 0 Å². The first kappa shape index (κ1) is 39.3. The second-order valence-electron chi connectivity index (χ2n) is 15.6. The van der Waals surface area contributed by atoms with Gasteiger partial charge >= 0.3 is 17.9 Å². The lowest BCUT2D eigenvalue weighted by Gasteiger charge is -2.24. The molecule has 6 N–H and O–H groups in total. The lowest BCUT2D eigenvalue weighted by Crippen LogP contribution is -2.30. The van der Waals surface area contributed by atoms with Crippen LogP contribution in [-0.2, 0) is 46.7 Å². The van der Waals surface area contributed by atoms with Crippen molar-refractivity contribution in [2.45, 2.75) is 51.6 Å². The minimum absolute atomic E-state index is 0.0464. The molecule has 3 fully saturated rings. The molecular weight excluding hydrogens is 684 g/mol. The third-order valence-corrected chi connectivity index (χ3v) is 11.7. The molecule has 3 saturated heterocycles. The van der Waals surface area contributed by atoms with E-state index in [0.717, 1.165) is 66.7 Å². The fourth-order valence-electron chi connectivity index (χ4n) is 8.75. The second kappa shape index (κ2) is 18.8. The molecule has 3 aromatic rings. The average Bonchev–Trinajstić information content (AvgIpc) is 3.97. The predicted molar refractivity (Wildman–Crippen MR) is 205 cm³/mol. The third kappa shape index (κ3) is 10.6. The maximum Gasteiger partial charge on any atom is 0.307 e. The van der Waals surface area contributed by atoms with Crippen LogP contribution in [0.5, 0.6) is 0 Å². The number of carboxylic acids is 3. The van der Waals surface area contributed by atoms with Crippen molar-refractivity contribution in [1.29, 1.82) is 0 Å². The van der Waals surface area contributed by atoms with E-state index in [9.17, 15) is 34.5 Å². The zero-order chi connectivity index (χ0) is 38.0. The standard InChI is InChI=1S/C43H54N4O7/c48-40(33-9-3-6-30(18-33)21-39(43(53)54)36-12-15-46-24-36)27-47(25-31-7-1-4-28(16-31)19-37(41(49)50)34-10-13-44-22-34)26-32-8-2-5-29(17-32)20-38(42(51)52)35-11-14-45-23-35/h1-9,16-18,34-39,44-46H,10-15,19-27H2,(H,49,50)(H,51,52)(H,53,54). The molecule has 3 aliphatic heterocycles. The van der Waals surface area contributed by atoms with Crippen LogP contribution in [0.4, 0.5) is 0 Å². The van der Waals surface area contributed by atoms with Crippen LogP contribution >= 0.6 is 0 Å². The smallest absolute Gasteiger partial charge is 0.307 e. The molecule has 54 heavy (non-hydrogen) atoms. The number of Topliss-reactive ketones (excluding diaryl/α,β-unsaturated/α-hetero) is 1. The fraction of sp³-hybridized carbons (Fsp3) is 0.488. The molecule has 6 unspecified atom stereocenters. The largest absolute Gasteiger partial charge is 0.481 e. The van der Waals surface area contributed by atoms with Gasteiger partial charge in [-0.25, -0.2) is 0 Å². The number of hydrogen-bond donors (Lipinski definition) is 6. The highest BCUT2D eigenvalue weighted by Gasteiger charge is 2.33. The number of nitrogens with zero attached hydrogens (tertiary/aromatic N) is 1. The maximum atomic E-state index is 14.0. The van der Waals surface area contributed by atoms with Gasteiger partial charge in [0.05, 0.1) is 24.3 Å². The monoisotopic (exact) mass is 738 g/mol. The Morgan fingerprint density at radius 1 is 0.556 bits per heavy atom. The molecule has 0 bridgehead atoms. The molecule has 3 aliphatic rings. The lowest BCUT2D eigenvalue weighted by molar-refractivity contribution is -0.144. The minimum Gasteiger partial charge on any atom is -0.481 e. The first-order chi connectivity index (χ1) is 26.1. The Bertz CT molecular complexity index is 1680. The van der Waals surface area contributed by atoms with Crippen LogP contribution in [0, 0.1) is 35.5 Å². The molecule has 0 aromatic heterocycles. The molecule has 0 saturated carbocycles. The fourth-order valence-corrected chi connectivity index (χ4v) is 8.75. The van der Waals surface area contributed by atoms with E-state index in [1.54, 1.807) is 6.07 Å². The predicted octanol–water partition coefficient (Wildman–Crippen LogP) is 4.13. The normalized spacial score (nSPS) is 21.5. The van der Waals surface area contributed by atoms with E-state index in [0.29, 0.717) is 57.5 Å². The van der Waals surface area contributed by atoms with Crippen molar-refractivity contribution < 1.29 is 34.5 Å². The Hall–Kier alpha value is -4.42. The van der Waals surface area contributed by atoms with Crippen LogP contribution in [0.2, 0.25) is 0 Å². The van der Waals surface area contributed by atoms with Gasteiger partial charge in [0.15, 0.2) is 5.78 Å². The van der Waals surface area contributed by atoms with Gasteiger partial charge in [-0.1, -0.05) is 66.7 Å². The van der Waals surface area contributed by atoms with Crippen molar-refractivity contribution in [3.8, 4) is 0 Å². The van der Waals surface area contributed by atoms with Gasteiger partial charge in [0.1, 0.15) is 0 Å². The molecule has 0 spiro atoms. The maximum absolute atomic E-state index is 14.0. The quantitative estimate of drug-likeness (QED) is 0.0979. The molecular formula is C43H54N4O7. The molecule has 11 nitrogen and oxygen atoms in total. The van der Waals surface area contributed by atoms with Gasteiger partial charge < -0.3 is 31.3 Å². The Balaban J connectivity index is 1.21. The molecule has 0 radical (unpaired) electrons. The summed E-state index contributed by atoms with van der Waals surface area (Å²) in [5, 5.41) is 40.0. The van der Waals surface area contributed by atoms with Gasteiger partial charge in [-0.05, 0) is 129 Å². The van der Waals surface area contributed by atoms with Crippen molar-refractivity contribution in [2.75, 3.05) is 45.8 Å². The summed E-state index contributed by atoms with van der Waals surface area (Å²) in [6, 6.07) is 23.3. The number of carboxylic acid groups (broad SMARTS) is 3.